The fourth-order valence-electron chi connectivity index (χ4n) is 2.06. The lowest BCUT2D eigenvalue weighted by Crippen LogP contribution is -2.26. The van der Waals surface area contributed by atoms with Gasteiger partial charge in [-0.05, 0) is 12.1 Å². The molecule has 0 amide bonds. The average Bonchev–Trinajstić information content (AvgIpc) is 2.45. The van der Waals surface area contributed by atoms with Crippen molar-refractivity contribution in [2.24, 2.45) is 0 Å². The van der Waals surface area contributed by atoms with E-state index in [1.165, 1.54) is 0 Å². The van der Waals surface area contributed by atoms with Crippen molar-refractivity contribution >= 4 is 22.7 Å². The van der Waals surface area contributed by atoms with E-state index in [4.69, 9.17) is 0 Å². The third-order valence-corrected chi connectivity index (χ3v) is 2.93. The maximum absolute atomic E-state index is 11.5. The largest absolute Gasteiger partial charge is 0.478 e. The number of carboxylic acid groups (broad SMARTS) is 1. The van der Waals surface area contributed by atoms with E-state index in [0.717, 1.165) is 10.9 Å². The first kappa shape index (κ1) is 13.8. The number of carboxylic acids is 1. The number of anilines is 1. The average molecular weight is 268 g/mol. The zero-order valence-electron chi connectivity index (χ0n) is 11.1. The molecule has 0 unspecified atom stereocenters. The maximum Gasteiger partial charge on any atom is 0.339 e. The molecule has 0 bridgehead atoms. The van der Waals surface area contributed by atoms with E-state index >= 15 is 0 Å². The van der Waals surface area contributed by atoms with Gasteiger partial charge in [-0.2, -0.15) is 0 Å². The second kappa shape index (κ2) is 6.02. The Morgan fingerprint density at radius 1 is 1.25 bits per heavy atom. The molecule has 0 saturated heterocycles. The van der Waals surface area contributed by atoms with E-state index < -0.39 is 5.97 Å². The summed E-state index contributed by atoms with van der Waals surface area (Å²) in [6.45, 7) is 8.41. The highest BCUT2D eigenvalue weighted by molar-refractivity contribution is 5.98. The molecule has 0 saturated carbocycles. The lowest BCUT2D eigenvalue weighted by Gasteiger charge is -2.22. The van der Waals surface area contributed by atoms with E-state index in [1.807, 2.05) is 29.2 Å². The van der Waals surface area contributed by atoms with Crippen molar-refractivity contribution in [1.82, 2.24) is 4.98 Å². The topological polar surface area (TPSA) is 53.4 Å². The molecule has 4 nitrogen and oxygen atoms in total. The molecular weight excluding hydrogens is 252 g/mol. The number of benzene rings is 1. The highest BCUT2D eigenvalue weighted by atomic mass is 16.4. The molecule has 1 heterocycles. The number of aromatic nitrogens is 1. The maximum atomic E-state index is 11.5. The Hall–Kier alpha value is -2.62. The third kappa shape index (κ3) is 2.69. The monoisotopic (exact) mass is 268 g/mol. The van der Waals surface area contributed by atoms with Crippen LogP contribution in [0.5, 0.6) is 0 Å². The second-order valence-corrected chi connectivity index (χ2v) is 4.34. The molecule has 0 spiro atoms. The van der Waals surface area contributed by atoms with Crippen molar-refractivity contribution in [2.45, 2.75) is 0 Å². The van der Waals surface area contributed by atoms with Crippen LogP contribution in [0.4, 0.5) is 5.82 Å². The number of hydrogen-bond acceptors (Lipinski definition) is 3. The molecule has 2 aromatic rings. The van der Waals surface area contributed by atoms with Gasteiger partial charge in [-0.1, -0.05) is 30.4 Å². The van der Waals surface area contributed by atoms with E-state index in [-0.39, 0.29) is 5.56 Å². The highest BCUT2D eigenvalue weighted by Crippen LogP contribution is 2.23. The van der Waals surface area contributed by atoms with Gasteiger partial charge in [0.25, 0.3) is 0 Å². The fraction of sp³-hybridized carbons (Fsp3) is 0.125. The van der Waals surface area contributed by atoms with Crippen molar-refractivity contribution in [3.05, 3.63) is 61.2 Å². The van der Waals surface area contributed by atoms with E-state index in [0.29, 0.717) is 18.9 Å². The van der Waals surface area contributed by atoms with Crippen LogP contribution in [0, 0.1) is 0 Å². The smallest absolute Gasteiger partial charge is 0.339 e. The Labute approximate surface area is 117 Å². The Bertz CT molecular complexity index is 655. The molecule has 102 valence electrons. The molecule has 0 atom stereocenters. The first-order valence-corrected chi connectivity index (χ1v) is 6.27. The Morgan fingerprint density at radius 2 is 1.90 bits per heavy atom. The molecule has 0 aliphatic rings. The predicted octanol–water partition coefficient (Wildman–Crippen LogP) is 3.11. The van der Waals surface area contributed by atoms with E-state index in [1.54, 1.807) is 18.2 Å². The van der Waals surface area contributed by atoms with Gasteiger partial charge in [0.1, 0.15) is 11.4 Å². The number of hydrogen-bond donors (Lipinski definition) is 1. The molecule has 1 aromatic carbocycles. The van der Waals surface area contributed by atoms with Gasteiger partial charge >= 0.3 is 5.97 Å². The number of para-hydroxylation sites is 1. The Morgan fingerprint density at radius 3 is 2.50 bits per heavy atom. The number of pyridine rings is 1. The second-order valence-electron chi connectivity index (χ2n) is 4.34. The van der Waals surface area contributed by atoms with Crippen LogP contribution in [0.1, 0.15) is 10.4 Å². The quantitative estimate of drug-likeness (QED) is 0.818. The summed E-state index contributed by atoms with van der Waals surface area (Å²) in [5.41, 5.74) is 0.957. The van der Waals surface area contributed by atoms with Crippen molar-refractivity contribution in [2.75, 3.05) is 18.0 Å². The van der Waals surface area contributed by atoms with Crippen molar-refractivity contribution in [1.29, 1.82) is 0 Å². The summed E-state index contributed by atoms with van der Waals surface area (Å²) < 4.78 is 0. The molecule has 1 N–H and O–H groups in total. The van der Waals surface area contributed by atoms with Crippen LogP contribution in [0.25, 0.3) is 10.9 Å². The van der Waals surface area contributed by atoms with Crippen molar-refractivity contribution in [3.63, 3.8) is 0 Å². The van der Waals surface area contributed by atoms with E-state index in [9.17, 15) is 9.90 Å². The van der Waals surface area contributed by atoms with Crippen LogP contribution in [0.3, 0.4) is 0 Å². The molecule has 2 rings (SSSR count). The molecule has 1 aromatic heterocycles. The SMILES string of the molecule is C=CCN(CC=C)c1nc2ccccc2cc1C(=O)O. The predicted molar refractivity (Wildman–Crippen MR) is 81.3 cm³/mol. The Kier molecular flexibility index (Phi) is 4.15. The van der Waals surface area contributed by atoms with Crippen LogP contribution < -0.4 is 4.90 Å². The molecule has 4 heteroatoms. The number of fused-ring (bicyclic) bond motifs is 1. The molecule has 0 fully saturated rings. The van der Waals surface area contributed by atoms with Crippen LogP contribution in [0.2, 0.25) is 0 Å². The molecule has 0 aliphatic carbocycles. The van der Waals surface area contributed by atoms with Crippen LogP contribution >= 0.6 is 0 Å². The third-order valence-electron chi connectivity index (χ3n) is 2.93. The summed E-state index contributed by atoms with van der Waals surface area (Å²) in [6.07, 6.45) is 3.43. The standard InChI is InChI=1S/C16H16N2O2/c1-3-9-18(10-4-2)15-13(16(19)20)11-12-7-5-6-8-14(12)17-15/h3-8,11H,1-2,9-10H2,(H,19,20). The summed E-state index contributed by atoms with van der Waals surface area (Å²) in [7, 11) is 0. The minimum Gasteiger partial charge on any atom is -0.478 e. The van der Waals surface area contributed by atoms with Crippen molar-refractivity contribution < 1.29 is 9.90 Å². The molecule has 0 radical (unpaired) electrons. The number of nitrogens with zero attached hydrogens (tertiary/aromatic N) is 2. The summed E-state index contributed by atoms with van der Waals surface area (Å²) in [4.78, 5) is 17.8. The van der Waals surface area contributed by atoms with Gasteiger partial charge in [0, 0.05) is 18.5 Å². The highest BCUT2D eigenvalue weighted by Gasteiger charge is 2.17. The minimum atomic E-state index is -0.989. The van der Waals surface area contributed by atoms with Gasteiger partial charge in [0.05, 0.1) is 5.52 Å². The van der Waals surface area contributed by atoms with Gasteiger partial charge in [-0.3, -0.25) is 0 Å². The zero-order chi connectivity index (χ0) is 14.5. The van der Waals surface area contributed by atoms with Crippen LogP contribution in [0.15, 0.2) is 55.6 Å². The lowest BCUT2D eigenvalue weighted by molar-refractivity contribution is 0.0697. The van der Waals surface area contributed by atoms with Gasteiger partial charge in [0.15, 0.2) is 0 Å². The first-order valence-electron chi connectivity index (χ1n) is 6.27. The van der Waals surface area contributed by atoms with Gasteiger partial charge in [-0.25, -0.2) is 9.78 Å². The summed E-state index contributed by atoms with van der Waals surface area (Å²) in [5.74, 6) is -0.549. The van der Waals surface area contributed by atoms with Crippen molar-refractivity contribution in [3.8, 4) is 0 Å². The minimum absolute atomic E-state index is 0.187. The molecule has 20 heavy (non-hydrogen) atoms. The summed E-state index contributed by atoms with van der Waals surface area (Å²) in [5, 5.41) is 10.2. The van der Waals surface area contributed by atoms with Crippen LogP contribution in [-0.2, 0) is 0 Å². The number of rotatable bonds is 6. The van der Waals surface area contributed by atoms with E-state index in [2.05, 4.69) is 18.1 Å². The zero-order valence-corrected chi connectivity index (χ0v) is 11.1. The van der Waals surface area contributed by atoms with Gasteiger partial charge in [-0.15, -0.1) is 13.2 Å². The fourth-order valence-corrected chi connectivity index (χ4v) is 2.06. The molecular formula is C16H16N2O2. The number of carbonyl (C=O) groups is 1. The van der Waals surface area contributed by atoms with Gasteiger partial charge < -0.3 is 10.0 Å². The van der Waals surface area contributed by atoms with Gasteiger partial charge in [0.2, 0.25) is 0 Å². The summed E-state index contributed by atoms with van der Waals surface area (Å²) >= 11 is 0. The Balaban J connectivity index is 2.63. The van der Waals surface area contributed by atoms with Crippen LogP contribution in [-0.4, -0.2) is 29.1 Å². The number of aromatic carboxylic acids is 1. The normalized spacial score (nSPS) is 10.2. The molecule has 0 aliphatic heterocycles. The first-order chi connectivity index (χ1) is 9.67. The summed E-state index contributed by atoms with van der Waals surface area (Å²) in [6, 6.07) is 9.11. The lowest BCUT2D eigenvalue weighted by atomic mass is 10.1.